The predicted octanol–water partition coefficient (Wildman–Crippen LogP) is 8.14. The van der Waals surface area contributed by atoms with E-state index in [4.69, 9.17) is 4.74 Å². The molecule has 0 aromatic heterocycles. The lowest BCUT2D eigenvalue weighted by molar-refractivity contribution is -0.138. The van der Waals surface area contributed by atoms with Crippen molar-refractivity contribution in [2.24, 2.45) is 5.41 Å². The van der Waals surface area contributed by atoms with Gasteiger partial charge in [0, 0.05) is 6.08 Å². The molecule has 1 aromatic carbocycles. The summed E-state index contributed by atoms with van der Waals surface area (Å²) in [4.78, 5) is 12.0. The number of benzene rings is 1. The smallest absolute Gasteiger partial charge is 0.416 e. The van der Waals surface area contributed by atoms with E-state index >= 15 is 0 Å². The minimum absolute atomic E-state index is 0.144. The first kappa shape index (κ1) is 25.4. The molecule has 172 valence electrons. The standard InChI is InChI=1S/C27H31F3O2/c1-19(14-15-24-21(3)11-8-16-26(24,4)5)9-6-10-20(2)17-25(31)32-23-13-7-12-22(18-23)27(28,29)30/h6-7,9-10,12-15,17-18H,8,11,16H2,1-5H3/b10-6+,15-14+,19-9+,20-17+. The molecule has 0 bridgehead atoms. The highest BCUT2D eigenvalue weighted by Crippen LogP contribution is 2.40. The van der Waals surface area contributed by atoms with Crippen molar-refractivity contribution in [1.82, 2.24) is 0 Å². The van der Waals surface area contributed by atoms with Crippen LogP contribution in [0.2, 0.25) is 0 Å². The van der Waals surface area contributed by atoms with Gasteiger partial charge < -0.3 is 4.74 Å². The van der Waals surface area contributed by atoms with Crippen LogP contribution in [0.25, 0.3) is 0 Å². The molecule has 0 aliphatic heterocycles. The van der Waals surface area contributed by atoms with E-state index in [0.717, 1.165) is 24.1 Å². The van der Waals surface area contributed by atoms with Crippen LogP contribution in [0, 0.1) is 5.41 Å². The van der Waals surface area contributed by atoms with E-state index < -0.39 is 17.7 Å². The predicted molar refractivity (Wildman–Crippen MR) is 123 cm³/mol. The van der Waals surface area contributed by atoms with Crippen molar-refractivity contribution >= 4 is 5.97 Å². The van der Waals surface area contributed by atoms with E-state index in [1.807, 2.05) is 19.1 Å². The van der Waals surface area contributed by atoms with Gasteiger partial charge in [0.1, 0.15) is 5.75 Å². The summed E-state index contributed by atoms with van der Waals surface area (Å²) in [5.41, 5.74) is 3.87. The molecule has 0 fully saturated rings. The fraction of sp³-hybridized carbons (Fsp3) is 0.370. The van der Waals surface area contributed by atoms with Crippen LogP contribution in [0.4, 0.5) is 13.2 Å². The Labute approximate surface area is 188 Å². The summed E-state index contributed by atoms with van der Waals surface area (Å²) >= 11 is 0. The van der Waals surface area contributed by atoms with Crippen molar-refractivity contribution in [2.45, 2.75) is 60.1 Å². The first-order chi connectivity index (χ1) is 14.9. The molecule has 2 rings (SSSR count). The van der Waals surface area contributed by atoms with E-state index in [-0.39, 0.29) is 11.2 Å². The van der Waals surface area contributed by atoms with E-state index in [9.17, 15) is 18.0 Å². The minimum atomic E-state index is -4.49. The van der Waals surface area contributed by atoms with Gasteiger partial charge in [-0.2, -0.15) is 13.2 Å². The van der Waals surface area contributed by atoms with Gasteiger partial charge in [0.05, 0.1) is 5.56 Å². The summed E-state index contributed by atoms with van der Waals surface area (Å²) in [6, 6.07) is 4.25. The van der Waals surface area contributed by atoms with Crippen LogP contribution in [0.5, 0.6) is 5.75 Å². The third-order valence-electron chi connectivity index (χ3n) is 5.50. The molecule has 0 radical (unpaired) electrons. The van der Waals surface area contributed by atoms with Gasteiger partial charge in [0.25, 0.3) is 0 Å². The van der Waals surface area contributed by atoms with Crippen LogP contribution in [0.3, 0.4) is 0 Å². The van der Waals surface area contributed by atoms with Gasteiger partial charge in [0.15, 0.2) is 0 Å². The Bertz CT molecular complexity index is 986. The van der Waals surface area contributed by atoms with Crippen LogP contribution in [0.15, 0.2) is 83.0 Å². The Morgan fingerprint density at radius 1 is 1.12 bits per heavy atom. The van der Waals surface area contributed by atoms with Gasteiger partial charge in [-0.25, -0.2) is 4.79 Å². The number of ether oxygens (including phenoxy) is 1. The average Bonchev–Trinajstić information content (AvgIpc) is 2.66. The molecule has 2 nitrogen and oxygen atoms in total. The number of carbonyl (C=O) groups excluding carboxylic acids is 1. The van der Waals surface area contributed by atoms with Crippen LogP contribution in [0.1, 0.15) is 59.4 Å². The average molecular weight is 445 g/mol. The number of carbonyl (C=O) groups is 1. The minimum Gasteiger partial charge on any atom is -0.423 e. The number of halogens is 3. The number of allylic oxidation sites excluding steroid dienone is 9. The van der Waals surface area contributed by atoms with Crippen molar-refractivity contribution in [3.63, 3.8) is 0 Å². The number of esters is 1. The fourth-order valence-electron chi connectivity index (χ4n) is 3.75. The second-order valence-electron chi connectivity index (χ2n) is 8.87. The monoisotopic (exact) mass is 444 g/mol. The van der Waals surface area contributed by atoms with Crippen molar-refractivity contribution in [3.8, 4) is 5.75 Å². The second-order valence-corrected chi connectivity index (χ2v) is 8.87. The van der Waals surface area contributed by atoms with E-state index in [0.29, 0.717) is 5.57 Å². The summed E-state index contributed by atoms with van der Waals surface area (Å²) in [5.74, 6) is -0.872. The lowest BCUT2D eigenvalue weighted by Gasteiger charge is -2.32. The van der Waals surface area contributed by atoms with Crippen LogP contribution in [-0.4, -0.2) is 5.97 Å². The molecule has 1 aliphatic carbocycles. The zero-order valence-corrected chi connectivity index (χ0v) is 19.3. The largest absolute Gasteiger partial charge is 0.423 e. The number of hydrogen-bond donors (Lipinski definition) is 0. The maximum atomic E-state index is 12.8. The topological polar surface area (TPSA) is 26.3 Å². The summed E-state index contributed by atoms with van der Waals surface area (Å²) in [7, 11) is 0. The van der Waals surface area contributed by atoms with Gasteiger partial charge >= 0.3 is 12.1 Å². The molecule has 5 heteroatoms. The van der Waals surface area contributed by atoms with Gasteiger partial charge in [-0.15, -0.1) is 0 Å². The molecule has 0 heterocycles. The lowest BCUT2D eigenvalue weighted by Crippen LogP contribution is -2.19. The Morgan fingerprint density at radius 2 is 1.84 bits per heavy atom. The van der Waals surface area contributed by atoms with E-state index in [1.54, 1.807) is 13.0 Å². The van der Waals surface area contributed by atoms with Crippen molar-refractivity contribution in [1.29, 1.82) is 0 Å². The van der Waals surface area contributed by atoms with Gasteiger partial charge in [0.2, 0.25) is 0 Å². The molecule has 1 aliphatic rings. The van der Waals surface area contributed by atoms with Crippen LogP contribution < -0.4 is 4.74 Å². The highest BCUT2D eigenvalue weighted by Gasteiger charge is 2.30. The molecular weight excluding hydrogens is 413 g/mol. The normalized spacial score (nSPS) is 18.0. The second kappa shape index (κ2) is 10.7. The van der Waals surface area contributed by atoms with Crippen molar-refractivity contribution in [3.05, 3.63) is 88.6 Å². The highest BCUT2D eigenvalue weighted by atomic mass is 19.4. The molecule has 0 N–H and O–H groups in total. The Hall–Kier alpha value is -2.82. The lowest BCUT2D eigenvalue weighted by atomic mass is 9.72. The summed E-state index contributed by atoms with van der Waals surface area (Å²) in [6.07, 6.45) is 10.1. The molecule has 0 atom stereocenters. The third kappa shape index (κ3) is 7.70. The Balaban J connectivity index is 1.99. The summed E-state index contributed by atoms with van der Waals surface area (Å²) in [5, 5.41) is 0. The van der Waals surface area contributed by atoms with Gasteiger partial charge in [-0.3, -0.25) is 0 Å². The molecule has 0 saturated heterocycles. The van der Waals surface area contributed by atoms with E-state index in [1.165, 1.54) is 42.2 Å². The number of alkyl halides is 3. The van der Waals surface area contributed by atoms with Gasteiger partial charge in [-0.05, 0) is 74.8 Å². The molecule has 1 aromatic rings. The van der Waals surface area contributed by atoms with Crippen molar-refractivity contribution < 1.29 is 22.7 Å². The molecule has 32 heavy (non-hydrogen) atoms. The van der Waals surface area contributed by atoms with Gasteiger partial charge in [-0.1, -0.05) is 61.4 Å². The third-order valence-corrected chi connectivity index (χ3v) is 5.50. The maximum Gasteiger partial charge on any atom is 0.416 e. The van der Waals surface area contributed by atoms with Crippen LogP contribution in [-0.2, 0) is 11.0 Å². The summed E-state index contributed by atoms with van der Waals surface area (Å²) in [6.45, 7) is 10.5. The fourth-order valence-corrected chi connectivity index (χ4v) is 3.75. The SMILES string of the molecule is CC1=C(/C=C/C(C)=C/C=C/C(C)=C/C(=O)Oc2cccc(C(F)(F)F)c2)C(C)(C)CCC1. The first-order valence-electron chi connectivity index (χ1n) is 10.7. The quantitative estimate of drug-likeness (QED) is 0.192. The summed E-state index contributed by atoms with van der Waals surface area (Å²) < 4.78 is 43.3. The highest BCUT2D eigenvalue weighted by molar-refractivity contribution is 5.85. The molecular formula is C27H31F3O2. The Morgan fingerprint density at radius 3 is 2.50 bits per heavy atom. The molecule has 0 spiro atoms. The van der Waals surface area contributed by atoms with E-state index in [2.05, 4.69) is 32.9 Å². The Kier molecular flexibility index (Phi) is 8.48. The molecule has 0 amide bonds. The van der Waals surface area contributed by atoms with Crippen LogP contribution >= 0.6 is 0 Å². The molecule has 0 saturated carbocycles. The van der Waals surface area contributed by atoms with Crippen molar-refractivity contribution in [2.75, 3.05) is 0 Å². The number of hydrogen-bond acceptors (Lipinski definition) is 2. The zero-order chi connectivity index (χ0) is 23.9. The maximum absolute atomic E-state index is 12.8. The number of rotatable bonds is 6. The zero-order valence-electron chi connectivity index (χ0n) is 19.3. The molecule has 0 unspecified atom stereocenters. The first-order valence-corrected chi connectivity index (χ1v) is 10.7.